The highest BCUT2D eigenvalue weighted by Gasteiger charge is 2.64. The molecule has 4 rings (SSSR count). The van der Waals surface area contributed by atoms with Gasteiger partial charge in [-0.05, 0) is 80.1 Å². The molecule has 4 aliphatic rings. The molecule has 3 saturated carbocycles. The summed E-state index contributed by atoms with van der Waals surface area (Å²) in [6.45, 7) is 9.55. The first-order valence-corrected chi connectivity index (χ1v) is 13.6. The van der Waals surface area contributed by atoms with Crippen LogP contribution < -0.4 is 0 Å². The smallest absolute Gasteiger partial charge is 0.305 e. The van der Waals surface area contributed by atoms with Gasteiger partial charge in [-0.2, -0.15) is 0 Å². The molecule has 9 atom stereocenters. The molecule has 0 N–H and O–H groups in total. The summed E-state index contributed by atoms with van der Waals surface area (Å²) in [7, 11) is 1.41. The van der Waals surface area contributed by atoms with Gasteiger partial charge in [-0.3, -0.25) is 19.2 Å². The minimum Gasteiger partial charge on any atom is -0.469 e. The number of carbonyl (C=O) groups is 4. The first kappa shape index (κ1) is 26.9. The molecule has 36 heavy (non-hydrogen) atoms. The molecule has 0 heterocycles. The Morgan fingerprint density at radius 1 is 1.00 bits per heavy atom. The molecular weight excluding hydrogens is 460 g/mol. The van der Waals surface area contributed by atoms with Crippen molar-refractivity contribution < 1.29 is 33.4 Å². The number of hydrogen-bond acceptors (Lipinski definition) is 7. The van der Waals surface area contributed by atoms with Crippen molar-refractivity contribution in [3.63, 3.8) is 0 Å². The lowest BCUT2D eigenvalue weighted by Gasteiger charge is -2.59. The standard InChI is InChI=1S/C29H42O7/c1-16(7-10-27(33)34-6)21-8-9-22-20-14-25(32)24-13-19(35-17(2)30)11-12-28(24,4)23(20)15-26(29(21,22)5)36-18(3)31/h14,16,19,21-24,26H,7-13,15H2,1-6H3/t16?,19-,21-,22+,23+,24+,26+,28-,29-/m1/s1. The first-order chi connectivity index (χ1) is 16.9. The fourth-order valence-electron chi connectivity index (χ4n) is 8.60. The van der Waals surface area contributed by atoms with E-state index in [0.29, 0.717) is 19.3 Å². The molecule has 7 heteroatoms. The van der Waals surface area contributed by atoms with E-state index in [9.17, 15) is 19.2 Å². The van der Waals surface area contributed by atoms with E-state index in [1.807, 2.05) is 6.08 Å². The van der Waals surface area contributed by atoms with Gasteiger partial charge < -0.3 is 14.2 Å². The SMILES string of the molecule is COC(=O)CCC(C)[C@H]1CC[C@H]2C3=CC(=O)[C@@H]4C[C@H](OC(C)=O)CC[C@]4(C)[C@H]3C[C@H](OC(C)=O)[C@]12C. The van der Waals surface area contributed by atoms with Crippen LogP contribution in [-0.4, -0.2) is 43.0 Å². The Bertz CT molecular complexity index is 953. The van der Waals surface area contributed by atoms with Crippen LogP contribution in [-0.2, 0) is 33.4 Å². The Balaban J connectivity index is 1.67. The molecule has 0 spiro atoms. The lowest BCUT2D eigenvalue weighted by atomic mass is 9.46. The Morgan fingerprint density at radius 2 is 1.69 bits per heavy atom. The van der Waals surface area contributed by atoms with E-state index in [1.165, 1.54) is 26.5 Å². The maximum atomic E-state index is 13.5. The van der Waals surface area contributed by atoms with Crippen molar-refractivity contribution in [3.8, 4) is 0 Å². The molecule has 200 valence electrons. The van der Waals surface area contributed by atoms with Gasteiger partial charge in [-0.25, -0.2) is 0 Å². The van der Waals surface area contributed by atoms with Crippen LogP contribution >= 0.6 is 0 Å². The van der Waals surface area contributed by atoms with Crippen LogP contribution in [0.5, 0.6) is 0 Å². The number of hydrogen-bond donors (Lipinski definition) is 0. The predicted octanol–water partition coefficient (Wildman–Crippen LogP) is 4.81. The quantitative estimate of drug-likeness (QED) is 0.380. The van der Waals surface area contributed by atoms with Crippen LogP contribution in [0.25, 0.3) is 0 Å². The van der Waals surface area contributed by atoms with Crippen LogP contribution in [0.4, 0.5) is 0 Å². The zero-order valence-electron chi connectivity index (χ0n) is 22.6. The highest BCUT2D eigenvalue weighted by atomic mass is 16.5. The zero-order chi connectivity index (χ0) is 26.4. The largest absolute Gasteiger partial charge is 0.469 e. The van der Waals surface area contributed by atoms with Gasteiger partial charge in [0.2, 0.25) is 0 Å². The Kier molecular flexibility index (Phi) is 7.42. The second kappa shape index (κ2) is 9.94. The van der Waals surface area contributed by atoms with Crippen molar-refractivity contribution in [2.45, 2.75) is 98.2 Å². The summed E-state index contributed by atoms with van der Waals surface area (Å²) < 4.78 is 16.5. The second-order valence-electron chi connectivity index (χ2n) is 12.2. The van der Waals surface area contributed by atoms with E-state index in [1.54, 1.807) is 0 Å². The van der Waals surface area contributed by atoms with Crippen LogP contribution in [0.15, 0.2) is 11.6 Å². The summed E-state index contributed by atoms with van der Waals surface area (Å²) in [5.41, 5.74) is 0.701. The molecule has 4 aliphatic carbocycles. The van der Waals surface area contributed by atoms with Gasteiger partial charge in [0.25, 0.3) is 0 Å². The van der Waals surface area contributed by atoms with Crippen molar-refractivity contribution in [3.05, 3.63) is 11.6 Å². The third-order valence-electron chi connectivity index (χ3n) is 10.4. The summed E-state index contributed by atoms with van der Waals surface area (Å²) >= 11 is 0. The number of ether oxygens (including phenoxy) is 3. The van der Waals surface area contributed by atoms with E-state index in [4.69, 9.17) is 14.2 Å². The van der Waals surface area contributed by atoms with Gasteiger partial charge in [0.1, 0.15) is 12.2 Å². The number of allylic oxidation sites excluding steroid dienone is 2. The van der Waals surface area contributed by atoms with Crippen molar-refractivity contribution in [2.24, 2.45) is 40.4 Å². The Labute approximate surface area is 214 Å². The summed E-state index contributed by atoms with van der Waals surface area (Å²) in [6, 6.07) is 0. The number of rotatable bonds is 6. The van der Waals surface area contributed by atoms with Crippen molar-refractivity contribution >= 4 is 23.7 Å². The molecule has 3 fully saturated rings. The summed E-state index contributed by atoms with van der Waals surface area (Å²) in [6.07, 6.45) is 7.29. The minimum atomic E-state index is -0.301. The normalized spacial score (nSPS) is 40.2. The van der Waals surface area contributed by atoms with Gasteiger partial charge in [0.05, 0.1) is 7.11 Å². The van der Waals surface area contributed by atoms with E-state index in [2.05, 4.69) is 20.8 Å². The monoisotopic (exact) mass is 502 g/mol. The number of carbonyl (C=O) groups excluding carboxylic acids is 4. The molecule has 0 aromatic heterocycles. The average Bonchev–Trinajstić information content (AvgIpc) is 3.17. The van der Waals surface area contributed by atoms with Gasteiger partial charge in [-0.1, -0.05) is 26.3 Å². The summed E-state index contributed by atoms with van der Waals surface area (Å²) in [5.74, 6) is 0.0424. The first-order valence-electron chi connectivity index (χ1n) is 13.6. The summed E-state index contributed by atoms with van der Waals surface area (Å²) in [4.78, 5) is 49.2. The molecule has 0 aromatic carbocycles. The lowest BCUT2D eigenvalue weighted by Crippen LogP contribution is -2.57. The van der Waals surface area contributed by atoms with Crippen molar-refractivity contribution in [2.75, 3.05) is 7.11 Å². The molecule has 0 radical (unpaired) electrons. The third-order valence-corrected chi connectivity index (χ3v) is 10.4. The van der Waals surface area contributed by atoms with Gasteiger partial charge in [-0.15, -0.1) is 0 Å². The van der Waals surface area contributed by atoms with E-state index < -0.39 is 0 Å². The van der Waals surface area contributed by atoms with E-state index in [0.717, 1.165) is 32.1 Å². The minimum absolute atomic E-state index is 0.149. The van der Waals surface area contributed by atoms with Crippen LogP contribution in [0.2, 0.25) is 0 Å². The number of methoxy groups -OCH3 is 1. The third kappa shape index (κ3) is 4.51. The Hall–Kier alpha value is -2.18. The van der Waals surface area contributed by atoms with Gasteiger partial charge in [0, 0.05) is 31.6 Å². The van der Waals surface area contributed by atoms with Gasteiger partial charge in [0.15, 0.2) is 5.78 Å². The van der Waals surface area contributed by atoms with Gasteiger partial charge >= 0.3 is 17.9 Å². The average molecular weight is 503 g/mol. The summed E-state index contributed by atoms with van der Waals surface area (Å²) in [5, 5.41) is 0. The maximum absolute atomic E-state index is 13.5. The predicted molar refractivity (Wildman–Crippen MR) is 132 cm³/mol. The highest BCUT2D eigenvalue weighted by molar-refractivity contribution is 5.94. The van der Waals surface area contributed by atoms with Crippen LogP contribution in [0.3, 0.4) is 0 Å². The number of fused-ring (bicyclic) bond motifs is 5. The molecular formula is C29H42O7. The molecule has 0 amide bonds. The van der Waals surface area contributed by atoms with E-state index in [-0.39, 0.29) is 76.3 Å². The fraction of sp³-hybridized carbons (Fsp3) is 0.793. The fourth-order valence-corrected chi connectivity index (χ4v) is 8.60. The molecule has 0 bridgehead atoms. The maximum Gasteiger partial charge on any atom is 0.305 e. The number of esters is 3. The number of ketones is 1. The van der Waals surface area contributed by atoms with Crippen molar-refractivity contribution in [1.29, 1.82) is 0 Å². The van der Waals surface area contributed by atoms with Crippen LogP contribution in [0, 0.1) is 40.4 Å². The molecule has 0 saturated heterocycles. The molecule has 1 unspecified atom stereocenters. The topological polar surface area (TPSA) is 96.0 Å². The molecule has 7 nitrogen and oxygen atoms in total. The Morgan fingerprint density at radius 3 is 2.33 bits per heavy atom. The molecule has 0 aromatic rings. The van der Waals surface area contributed by atoms with Crippen LogP contribution in [0.1, 0.15) is 86.0 Å². The lowest BCUT2D eigenvalue weighted by molar-refractivity contribution is -0.170. The van der Waals surface area contributed by atoms with Crippen molar-refractivity contribution in [1.82, 2.24) is 0 Å². The highest BCUT2D eigenvalue weighted by Crippen LogP contribution is 2.67. The van der Waals surface area contributed by atoms with E-state index >= 15 is 0 Å². The second-order valence-corrected chi connectivity index (χ2v) is 12.2. The zero-order valence-corrected chi connectivity index (χ0v) is 22.6. The molecule has 0 aliphatic heterocycles.